The number of aliphatic hydroxyl groups excluding tert-OH is 1. The third-order valence-corrected chi connectivity index (χ3v) is 2.91. The van der Waals surface area contributed by atoms with Crippen LogP contribution < -0.4 is 5.73 Å². The van der Waals surface area contributed by atoms with Gasteiger partial charge in [0.1, 0.15) is 5.69 Å². The largest absolute Gasteiger partial charge is 0.397 e. The molecular formula is C12H19N3O2. The molecule has 5 nitrogen and oxygen atoms in total. The van der Waals surface area contributed by atoms with E-state index in [9.17, 15) is 9.90 Å². The monoisotopic (exact) mass is 237 g/mol. The molecule has 17 heavy (non-hydrogen) atoms. The van der Waals surface area contributed by atoms with Crippen molar-refractivity contribution in [1.29, 1.82) is 0 Å². The molecule has 0 aromatic carbocycles. The number of carbonyl (C=O) groups is 1. The molecule has 1 saturated carbocycles. The van der Waals surface area contributed by atoms with Gasteiger partial charge in [-0.05, 0) is 25.8 Å². The minimum Gasteiger partial charge on any atom is -0.397 e. The van der Waals surface area contributed by atoms with Crippen molar-refractivity contribution in [2.45, 2.75) is 31.9 Å². The number of anilines is 1. The number of nitrogen functional groups attached to an aromatic ring is 1. The van der Waals surface area contributed by atoms with E-state index < -0.39 is 6.10 Å². The van der Waals surface area contributed by atoms with Gasteiger partial charge in [0, 0.05) is 25.8 Å². The highest BCUT2D eigenvalue weighted by atomic mass is 16.3. The Balaban J connectivity index is 2.18. The van der Waals surface area contributed by atoms with Crippen LogP contribution in [0.4, 0.5) is 5.69 Å². The molecule has 0 spiro atoms. The third kappa shape index (κ3) is 2.61. The van der Waals surface area contributed by atoms with Gasteiger partial charge in [0.25, 0.3) is 5.91 Å². The maximum absolute atomic E-state index is 12.2. The SMILES string of the molecule is CC(O)CN(C)C(=O)c1cc(N)cn1C1CC1. The average molecular weight is 237 g/mol. The van der Waals surface area contributed by atoms with Gasteiger partial charge in [-0.2, -0.15) is 0 Å². The molecule has 0 saturated heterocycles. The normalized spacial score (nSPS) is 16.9. The maximum atomic E-state index is 12.2. The predicted octanol–water partition coefficient (Wildman–Crippen LogP) is 0.858. The first-order chi connectivity index (χ1) is 7.99. The molecule has 1 atom stereocenters. The fourth-order valence-corrected chi connectivity index (χ4v) is 2.00. The molecule has 1 fully saturated rings. The fourth-order valence-electron chi connectivity index (χ4n) is 2.00. The quantitative estimate of drug-likeness (QED) is 0.815. The van der Waals surface area contributed by atoms with Gasteiger partial charge in [-0.25, -0.2) is 0 Å². The number of carbonyl (C=O) groups excluding carboxylic acids is 1. The highest BCUT2D eigenvalue weighted by Gasteiger charge is 2.28. The number of rotatable bonds is 4. The molecule has 1 heterocycles. The van der Waals surface area contributed by atoms with Crippen LogP contribution in [0.15, 0.2) is 12.3 Å². The first-order valence-electron chi connectivity index (χ1n) is 5.90. The number of hydrogen-bond acceptors (Lipinski definition) is 3. The van der Waals surface area contributed by atoms with E-state index in [4.69, 9.17) is 5.73 Å². The van der Waals surface area contributed by atoms with Crippen LogP contribution in [0, 0.1) is 0 Å². The summed E-state index contributed by atoms with van der Waals surface area (Å²) in [5.41, 5.74) is 6.98. The van der Waals surface area contributed by atoms with Crippen LogP contribution in [-0.4, -0.2) is 40.2 Å². The standard InChI is InChI=1S/C12H19N3O2/c1-8(16)6-14(2)12(17)11-5-9(13)7-15(11)10-3-4-10/h5,7-8,10,16H,3-4,6,13H2,1-2H3. The molecule has 0 bridgehead atoms. The molecule has 2 rings (SSSR count). The second-order valence-corrected chi connectivity index (χ2v) is 4.83. The van der Waals surface area contributed by atoms with Crippen molar-refractivity contribution in [2.24, 2.45) is 0 Å². The lowest BCUT2D eigenvalue weighted by Gasteiger charge is -2.19. The Labute approximate surface area is 101 Å². The zero-order valence-electron chi connectivity index (χ0n) is 10.3. The highest BCUT2D eigenvalue weighted by molar-refractivity contribution is 5.93. The minimum absolute atomic E-state index is 0.0884. The van der Waals surface area contributed by atoms with Gasteiger partial charge in [-0.1, -0.05) is 0 Å². The Kier molecular flexibility index (Phi) is 3.11. The molecule has 0 radical (unpaired) electrons. The maximum Gasteiger partial charge on any atom is 0.270 e. The zero-order valence-corrected chi connectivity index (χ0v) is 10.3. The summed E-state index contributed by atoms with van der Waals surface area (Å²) in [4.78, 5) is 13.7. The van der Waals surface area contributed by atoms with Gasteiger partial charge in [0.05, 0.1) is 11.8 Å². The van der Waals surface area contributed by atoms with Crippen LogP contribution in [0.25, 0.3) is 0 Å². The number of nitrogens with two attached hydrogens (primary N) is 1. The fraction of sp³-hybridized carbons (Fsp3) is 0.583. The lowest BCUT2D eigenvalue weighted by atomic mass is 10.3. The molecule has 1 aromatic heterocycles. The van der Waals surface area contributed by atoms with Crippen LogP contribution in [0.3, 0.4) is 0 Å². The zero-order chi connectivity index (χ0) is 12.6. The van der Waals surface area contributed by atoms with E-state index >= 15 is 0 Å². The summed E-state index contributed by atoms with van der Waals surface area (Å²) in [6, 6.07) is 2.13. The van der Waals surface area contributed by atoms with Crippen molar-refractivity contribution in [3.63, 3.8) is 0 Å². The van der Waals surface area contributed by atoms with E-state index in [1.165, 1.54) is 4.90 Å². The summed E-state index contributed by atoms with van der Waals surface area (Å²) in [5, 5.41) is 9.29. The second kappa shape index (κ2) is 4.41. The van der Waals surface area contributed by atoms with Crippen molar-refractivity contribution in [3.8, 4) is 0 Å². The van der Waals surface area contributed by atoms with Crippen LogP contribution >= 0.6 is 0 Å². The molecule has 1 unspecified atom stereocenters. The Hall–Kier alpha value is -1.49. The summed E-state index contributed by atoms with van der Waals surface area (Å²) in [7, 11) is 1.69. The first-order valence-corrected chi connectivity index (χ1v) is 5.90. The smallest absolute Gasteiger partial charge is 0.270 e. The molecule has 1 aliphatic rings. The summed E-state index contributed by atoms with van der Waals surface area (Å²) < 4.78 is 1.95. The van der Waals surface area contributed by atoms with Crippen molar-refractivity contribution in [1.82, 2.24) is 9.47 Å². The first kappa shape index (κ1) is 12.0. The number of hydrogen-bond donors (Lipinski definition) is 2. The van der Waals surface area contributed by atoms with Gasteiger partial charge in [0.2, 0.25) is 0 Å². The van der Waals surface area contributed by atoms with Crippen LogP contribution in [0.5, 0.6) is 0 Å². The van der Waals surface area contributed by atoms with Crippen LogP contribution in [-0.2, 0) is 0 Å². The lowest BCUT2D eigenvalue weighted by molar-refractivity contribution is 0.0693. The minimum atomic E-state index is -0.523. The Morgan fingerprint density at radius 2 is 2.35 bits per heavy atom. The number of likely N-dealkylation sites (N-methyl/N-ethyl adjacent to an activating group) is 1. The van der Waals surface area contributed by atoms with E-state index in [0.717, 1.165) is 12.8 Å². The van der Waals surface area contributed by atoms with Gasteiger partial charge < -0.3 is 20.3 Å². The molecule has 0 aliphatic heterocycles. The molecule has 3 N–H and O–H groups in total. The van der Waals surface area contributed by atoms with E-state index in [1.807, 2.05) is 10.8 Å². The molecule has 94 valence electrons. The van der Waals surface area contributed by atoms with Crippen molar-refractivity contribution in [2.75, 3.05) is 19.3 Å². The topological polar surface area (TPSA) is 71.5 Å². The molecule has 1 aromatic rings. The van der Waals surface area contributed by atoms with Crippen LogP contribution in [0.2, 0.25) is 0 Å². The Bertz CT molecular complexity index is 421. The van der Waals surface area contributed by atoms with Gasteiger partial charge in [-0.3, -0.25) is 4.79 Å². The van der Waals surface area contributed by atoms with Gasteiger partial charge in [-0.15, -0.1) is 0 Å². The third-order valence-electron chi connectivity index (χ3n) is 2.91. The number of nitrogens with zero attached hydrogens (tertiary/aromatic N) is 2. The summed E-state index contributed by atoms with van der Waals surface area (Å²) >= 11 is 0. The van der Waals surface area contributed by atoms with Crippen molar-refractivity contribution in [3.05, 3.63) is 18.0 Å². The molecule has 1 amide bonds. The average Bonchev–Trinajstić information content (AvgIpc) is 3.00. The van der Waals surface area contributed by atoms with Gasteiger partial charge >= 0.3 is 0 Å². The molecule has 5 heteroatoms. The van der Waals surface area contributed by atoms with Crippen LogP contribution in [0.1, 0.15) is 36.3 Å². The number of amides is 1. The Morgan fingerprint density at radius 3 is 2.88 bits per heavy atom. The Morgan fingerprint density at radius 1 is 1.71 bits per heavy atom. The second-order valence-electron chi connectivity index (χ2n) is 4.83. The molecular weight excluding hydrogens is 218 g/mol. The summed E-state index contributed by atoms with van der Waals surface area (Å²) in [6.07, 6.45) is 3.51. The van der Waals surface area contributed by atoms with E-state index in [2.05, 4.69) is 0 Å². The van der Waals surface area contributed by atoms with E-state index in [-0.39, 0.29) is 5.91 Å². The van der Waals surface area contributed by atoms with E-state index in [0.29, 0.717) is 24.0 Å². The molecule has 1 aliphatic carbocycles. The van der Waals surface area contributed by atoms with Crippen molar-refractivity contribution >= 4 is 11.6 Å². The summed E-state index contributed by atoms with van der Waals surface area (Å²) in [5.74, 6) is -0.0884. The number of aliphatic hydroxyl groups is 1. The summed E-state index contributed by atoms with van der Waals surface area (Å²) in [6.45, 7) is 1.99. The number of aromatic nitrogens is 1. The lowest BCUT2D eigenvalue weighted by Crippen LogP contribution is -2.34. The van der Waals surface area contributed by atoms with E-state index in [1.54, 1.807) is 20.0 Å². The van der Waals surface area contributed by atoms with Gasteiger partial charge in [0.15, 0.2) is 0 Å². The highest BCUT2D eigenvalue weighted by Crippen LogP contribution is 2.37. The predicted molar refractivity (Wildman–Crippen MR) is 65.8 cm³/mol. The van der Waals surface area contributed by atoms with Crippen molar-refractivity contribution < 1.29 is 9.90 Å².